The van der Waals surface area contributed by atoms with Gasteiger partial charge in [-0.3, -0.25) is 4.90 Å². The number of hydrogen-bond acceptors (Lipinski definition) is 2. The van der Waals surface area contributed by atoms with Crippen LogP contribution in [0.5, 0.6) is 0 Å². The lowest BCUT2D eigenvalue weighted by Gasteiger charge is -2.55. The minimum atomic E-state index is 0.506. The summed E-state index contributed by atoms with van der Waals surface area (Å²) in [5.74, 6) is 1.72. The van der Waals surface area contributed by atoms with Crippen molar-refractivity contribution < 1.29 is 0 Å². The molecule has 0 aromatic carbocycles. The van der Waals surface area contributed by atoms with Crippen LogP contribution in [-0.2, 0) is 0 Å². The summed E-state index contributed by atoms with van der Waals surface area (Å²) in [6, 6.07) is 2.22. The fourth-order valence-electron chi connectivity index (χ4n) is 6.41. The molecule has 1 aliphatic heterocycles. The highest BCUT2D eigenvalue weighted by Gasteiger charge is 2.62. The molecule has 6 atom stereocenters. The average molecular weight is 293 g/mol. The third kappa shape index (κ3) is 2.28. The molecule has 21 heavy (non-hydrogen) atoms. The number of rotatable bonds is 3. The van der Waals surface area contributed by atoms with Crippen LogP contribution in [0.1, 0.15) is 67.2 Å². The van der Waals surface area contributed by atoms with E-state index in [1.165, 1.54) is 32.2 Å². The van der Waals surface area contributed by atoms with Crippen molar-refractivity contribution in [2.75, 3.05) is 13.1 Å². The highest BCUT2D eigenvalue weighted by molar-refractivity contribution is 5.14. The van der Waals surface area contributed by atoms with Gasteiger partial charge in [0, 0.05) is 24.7 Å². The molecule has 1 N–H and O–H groups in total. The Morgan fingerprint density at radius 2 is 1.86 bits per heavy atom. The van der Waals surface area contributed by atoms with Crippen LogP contribution in [0.15, 0.2) is 0 Å². The first-order valence-electron chi connectivity index (χ1n) is 9.30. The third-order valence-corrected chi connectivity index (χ3v) is 7.61. The van der Waals surface area contributed by atoms with E-state index in [1.54, 1.807) is 0 Å². The van der Waals surface area contributed by atoms with Crippen molar-refractivity contribution in [3.8, 4) is 0 Å². The van der Waals surface area contributed by atoms with Crippen molar-refractivity contribution in [3.05, 3.63) is 0 Å². The van der Waals surface area contributed by atoms with Crippen LogP contribution in [0.2, 0.25) is 0 Å². The summed E-state index contributed by atoms with van der Waals surface area (Å²) in [5, 5.41) is 3.71. The summed E-state index contributed by atoms with van der Waals surface area (Å²) in [7, 11) is 0. The summed E-state index contributed by atoms with van der Waals surface area (Å²) >= 11 is 0. The van der Waals surface area contributed by atoms with Crippen LogP contribution in [0.3, 0.4) is 0 Å². The molecular formula is C19H36N2. The van der Waals surface area contributed by atoms with Crippen molar-refractivity contribution in [1.29, 1.82) is 0 Å². The molecule has 3 rings (SSSR count). The van der Waals surface area contributed by atoms with E-state index in [0.29, 0.717) is 16.9 Å². The molecule has 0 spiro atoms. The van der Waals surface area contributed by atoms with Gasteiger partial charge in [-0.25, -0.2) is 0 Å². The Hall–Kier alpha value is -0.0800. The quantitative estimate of drug-likeness (QED) is 0.848. The highest BCUT2D eigenvalue weighted by Crippen LogP contribution is 2.64. The van der Waals surface area contributed by atoms with Gasteiger partial charge in [-0.1, -0.05) is 34.6 Å². The summed E-state index contributed by atoms with van der Waals surface area (Å²) in [6.07, 6.45) is 5.73. The van der Waals surface area contributed by atoms with Crippen LogP contribution in [0.25, 0.3) is 0 Å². The Labute approximate surface area is 132 Å². The number of nitrogens with zero attached hydrogens (tertiary/aromatic N) is 1. The van der Waals surface area contributed by atoms with Crippen molar-refractivity contribution >= 4 is 0 Å². The van der Waals surface area contributed by atoms with Crippen LogP contribution in [-0.4, -0.2) is 36.1 Å². The van der Waals surface area contributed by atoms with E-state index in [2.05, 4.69) is 51.8 Å². The largest absolute Gasteiger partial charge is 0.314 e. The van der Waals surface area contributed by atoms with Gasteiger partial charge >= 0.3 is 0 Å². The van der Waals surface area contributed by atoms with Crippen LogP contribution in [0.4, 0.5) is 0 Å². The standard InChI is InChI=1S/C19H36N2/c1-7-20-16-9-11-21(14(3)13(16)2)17-18(4,5)15-8-10-19(17,6)12-15/h13-17,20H,7-12H2,1-6H3. The summed E-state index contributed by atoms with van der Waals surface area (Å²) in [6.45, 7) is 17.3. The molecule has 0 amide bonds. The molecule has 1 saturated heterocycles. The van der Waals surface area contributed by atoms with E-state index in [0.717, 1.165) is 30.5 Å². The minimum Gasteiger partial charge on any atom is -0.314 e. The van der Waals surface area contributed by atoms with Crippen molar-refractivity contribution in [2.24, 2.45) is 22.7 Å². The lowest BCUT2D eigenvalue weighted by Crippen LogP contribution is -2.62. The lowest BCUT2D eigenvalue weighted by atomic mass is 9.66. The van der Waals surface area contributed by atoms with Gasteiger partial charge in [0.05, 0.1) is 0 Å². The monoisotopic (exact) mass is 292 g/mol. The molecule has 2 bridgehead atoms. The summed E-state index contributed by atoms with van der Waals surface area (Å²) in [5.41, 5.74) is 1.08. The van der Waals surface area contributed by atoms with E-state index >= 15 is 0 Å². The predicted molar refractivity (Wildman–Crippen MR) is 90.4 cm³/mol. The molecule has 2 aliphatic carbocycles. The molecule has 2 heteroatoms. The van der Waals surface area contributed by atoms with E-state index in [1.807, 2.05) is 0 Å². The molecule has 0 aromatic rings. The van der Waals surface area contributed by atoms with Gasteiger partial charge in [-0.15, -0.1) is 0 Å². The minimum absolute atomic E-state index is 0.506. The summed E-state index contributed by atoms with van der Waals surface area (Å²) < 4.78 is 0. The van der Waals surface area contributed by atoms with Gasteiger partial charge < -0.3 is 5.32 Å². The zero-order valence-corrected chi connectivity index (χ0v) is 15.1. The van der Waals surface area contributed by atoms with Gasteiger partial charge in [0.15, 0.2) is 0 Å². The molecule has 2 nitrogen and oxygen atoms in total. The highest BCUT2D eigenvalue weighted by atomic mass is 15.2. The second-order valence-corrected chi connectivity index (χ2v) is 9.11. The Morgan fingerprint density at radius 3 is 2.43 bits per heavy atom. The molecule has 1 heterocycles. The molecule has 0 aromatic heterocycles. The number of hydrogen-bond donors (Lipinski definition) is 1. The molecular weight excluding hydrogens is 256 g/mol. The molecule has 6 unspecified atom stereocenters. The summed E-state index contributed by atoms with van der Waals surface area (Å²) in [4.78, 5) is 2.91. The second kappa shape index (κ2) is 5.23. The smallest absolute Gasteiger partial charge is 0.0206 e. The second-order valence-electron chi connectivity index (χ2n) is 9.11. The Balaban J connectivity index is 1.81. The molecule has 0 radical (unpaired) electrons. The van der Waals surface area contributed by atoms with Gasteiger partial charge in [-0.05, 0) is 61.8 Å². The number of piperidine rings is 1. The van der Waals surface area contributed by atoms with E-state index in [9.17, 15) is 0 Å². The topological polar surface area (TPSA) is 15.3 Å². The first kappa shape index (κ1) is 15.8. The van der Waals surface area contributed by atoms with Gasteiger partial charge in [0.1, 0.15) is 0 Å². The Kier molecular flexibility index (Phi) is 3.94. The van der Waals surface area contributed by atoms with E-state index < -0.39 is 0 Å². The van der Waals surface area contributed by atoms with Crippen molar-refractivity contribution in [2.45, 2.75) is 85.4 Å². The first-order chi connectivity index (χ1) is 9.81. The van der Waals surface area contributed by atoms with Crippen LogP contribution < -0.4 is 5.32 Å². The van der Waals surface area contributed by atoms with Gasteiger partial charge in [0.2, 0.25) is 0 Å². The fraction of sp³-hybridized carbons (Fsp3) is 1.00. The van der Waals surface area contributed by atoms with Gasteiger partial charge in [-0.2, -0.15) is 0 Å². The maximum atomic E-state index is 3.71. The number of likely N-dealkylation sites (tertiary alicyclic amines) is 1. The zero-order chi connectivity index (χ0) is 15.4. The Bertz CT molecular complexity index is 386. The maximum Gasteiger partial charge on any atom is 0.0206 e. The third-order valence-electron chi connectivity index (χ3n) is 7.61. The molecule has 2 saturated carbocycles. The van der Waals surface area contributed by atoms with Crippen molar-refractivity contribution in [1.82, 2.24) is 10.2 Å². The van der Waals surface area contributed by atoms with E-state index in [4.69, 9.17) is 0 Å². The zero-order valence-electron chi connectivity index (χ0n) is 15.1. The van der Waals surface area contributed by atoms with Crippen LogP contribution >= 0.6 is 0 Å². The number of nitrogens with one attached hydrogen (secondary N) is 1. The van der Waals surface area contributed by atoms with Crippen molar-refractivity contribution in [3.63, 3.8) is 0 Å². The average Bonchev–Trinajstić information content (AvgIpc) is 2.89. The molecule has 122 valence electrons. The van der Waals surface area contributed by atoms with Gasteiger partial charge in [0.25, 0.3) is 0 Å². The van der Waals surface area contributed by atoms with Crippen LogP contribution in [0, 0.1) is 22.7 Å². The number of fused-ring (bicyclic) bond motifs is 2. The fourth-order valence-corrected chi connectivity index (χ4v) is 6.41. The van der Waals surface area contributed by atoms with E-state index in [-0.39, 0.29) is 0 Å². The molecule has 3 aliphatic rings. The Morgan fingerprint density at radius 1 is 1.14 bits per heavy atom. The maximum absolute atomic E-state index is 3.71. The first-order valence-corrected chi connectivity index (χ1v) is 9.30. The SMILES string of the molecule is CCNC1CCN(C2C3(C)CCC(C3)C2(C)C)C(C)C1C. The normalized spacial score (nSPS) is 49.7. The molecule has 3 fully saturated rings. The lowest BCUT2D eigenvalue weighted by molar-refractivity contribution is -0.0534. The predicted octanol–water partition coefficient (Wildman–Crippen LogP) is 3.91.